The van der Waals surface area contributed by atoms with Crippen molar-refractivity contribution >= 4 is 6.08 Å². The van der Waals surface area contributed by atoms with E-state index in [2.05, 4.69) is 25.1 Å². The molecule has 0 amide bonds. The fraction of sp³-hybridized carbons (Fsp3) is 0.333. The standard InChI is InChI=1S/C12H16O/c1-2-6-11-7-3-4-8-12(11)9-5-10-13/h3-5,7-9,13H,2,6,10H2,1H3/b9-5+. The van der Waals surface area contributed by atoms with Crippen LogP contribution in [0.2, 0.25) is 0 Å². The first-order valence-electron chi connectivity index (χ1n) is 4.73. The maximum atomic E-state index is 8.66. The second kappa shape index (κ2) is 5.55. The lowest BCUT2D eigenvalue weighted by Crippen LogP contribution is -1.87. The van der Waals surface area contributed by atoms with Gasteiger partial charge in [-0.15, -0.1) is 0 Å². The van der Waals surface area contributed by atoms with E-state index in [0.29, 0.717) is 0 Å². The molecule has 0 radical (unpaired) electrons. The smallest absolute Gasteiger partial charge is 0.0615 e. The molecule has 0 unspecified atom stereocenters. The van der Waals surface area contributed by atoms with Gasteiger partial charge in [-0.1, -0.05) is 49.8 Å². The highest BCUT2D eigenvalue weighted by Crippen LogP contribution is 2.12. The molecule has 0 aromatic heterocycles. The quantitative estimate of drug-likeness (QED) is 0.747. The van der Waals surface area contributed by atoms with Gasteiger partial charge in [0.25, 0.3) is 0 Å². The van der Waals surface area contributed by atoms with Crippen LogP contribution in [0, 0.1) is 0 Å². The van der Waals surface area contributed by atoms with Gasteiger partial charge in [-0.3, -0.25) is 0 Å². The number of rotatable bonds is 4. The number of hydrogen-bond donors (Lipinski definition) is 1. The summed E-state index contributed by atoms with van der Waals surface area (Å²) in [4.78, 5) is 0. The minimum absolute atomic E-state index is 0.112. The van der Waals surface area contributed by atoms with Crippen LogP contribution in [0.25, 0.3) is 6.08 Å². The largest absolute Gasteiger partial charge is 0.392 e. The summed E-state index contributed by atoms with van der Waals surface area (Å²) in [5.41, 5.74) is 2.58. The molecular formula is C12H16O. The van der Waals surface area contributed by atoms with Gasteiger partial charge in [0.05, 0.1) is 6.61 Å². The number of aliphatic hydroxyl groups excluding tert-OH is 1. The first-order valence-corrected chi connectivity index (χ1v) is 4.73. The van der Waals surface area contributed by atoms with Crippen LogP contribution in [0.5, 0.6) is 0 Å². The zero-order chi connectivity index (χ0) is 9.52. The molecular weight excluding hydrogens is 160 g/mol. The highest BCUT2D eigenvalue weighted by atomic mass is 16.2. The Balaban J connectivity index is 2.84. The topological polar surface area (TPSA) is 20.2 Å². The Labute approximate surface area is 79.7 Å². The highest BCUT2D eigenvalue weighted by molar-refractivity contribution is 5.53. The van der Waals surface area contributed by atoms with E-state index in [4.69, 9.17) is 5.11 Å². The van der Waals surface area contributed by atoms with Crippen LogP contribution in [0.3, 0.4) is 0 Å². The van der Waals surface area contributed by atoms with E-state index in [-0.39, 0.29) is 6.61 Å². The predicted octanol–water partition coefficient (Wildman–Crippen LogP) is 2.64. The van der Waals surface area contributed by atoms with E-state index >= 15 is 0 Å². The Kier molecular flexibility index (Phi) is 4.27. The summed E-state index contributed by atoms with van der Waals surface area (Å²) in [6.07, 6.45) is 6.01. The molecule has 0 saturated carbocycles. The van der Waals surface area contributed by atoms with Gasteiger partial charge in [0.2, 0.25) is 0 Å². The first kappa shape index (κ1) is 10.0. The number of hydrogen-bond acceptors (Lipinski definition) is 1. The normalized spacial score (nSPS) is 10.9. The molecule has 70 valence electrons. The van der Waals surface area contributed by atoms with E-state index in [0.717, 1.165) is 12.8 Å². The van der Waals surface area contributed by atoms with Crippen molar-refractivity contribution in [3.05, 3.63) is 41.5 Å². The Morgan fingerprint density at radius 3 is 2.77 bits per heavy atom. The average molecular weight is 176 g/mol. The predicted molar refractivity (Wildman–Crippen MR) is 56.6 cm³/mol. The molecule has 0 spiro atoms. The Hall–Kier alpha value is -1.08. The zero-order valence-corrected chi connectivity index (χ0v) is 8.03. The molecule has 0 bridgehead atoms. The number of aliphatic hydroxyl groups is 1. The molecule has 1 nitrogen and oxygen atoms in total. The van der Waals surface area contributed by atoms with Crippen molar-refractivity contribution in [1.29, 1.82) is 0 Å². The van der Waals surface area contributed by atoms with Gasteiger partial charge in [0.1, 0.15) is 0 Å². The third-order valence-electron chi connectivity index (χ3n) is 1.98. The molecule has 0 aliphatic heterocycles. The van der Waals surface area contributed by atoms with Crippen molar-refractivity contribution in [1.82, 2.24) is 0 Å². The summed E-state index contributed by atoms with van der Waals surface area (Å²) in [6.45, 7) is 2.28. The van der Waals surface area contributed by atoms with Crippen LogP contribution in [0.1, 0.15) is 24.5 Å². The summed E-state index contributed by atoms with van der Waals surface area (Å²) in [5, 5.41) is 8.66. The molecule has 1 heteroatoms. The minimum Gasteiger partial charge on any atom is -0.392 e. The summed E-state index contributed by atoms with van der Waals surface area (Å²) in [6, 6.07) is 8.30. The van der Waals surface area contributed by atoms with Crippen molar-refractivity contribution in [3.63, 3.8) is 0 Å². The van der Waals surface area contributed by atoms with Crippen LogP contribution in [-0.4, -0.2) is 11.7 Å². The third kappa shape index (κ3) is 3.03. The van der Waals surface area contributed by atoms with Gasteiger partial charge in [-0.05, 0) is 17.5 Å². The fourth-order valence-electron chi connectivity index (χ4n) is 1.37. The molecule has 0 aliphatic carbocycles. The van der Waals surface area contributed by atoms with Gasteiger partial charge in [-0.2, -0.15) is 0 Å². The lowest BCUT2D eigenvalue weighted by Gasteiger charge is -2.03. The first-order chi connectivity index (χ1) is 6.38. The molecule has 1 aromatic carbocycles. The maximum Gasteiger partial charge on any atom is 0.0615 e. The van der Waals surface area contributed by atoms with Gasteiger partial charge < -0.3 is 5.11 Å². The molecule has 0 saturated heterocycles. The average Bonchev–Trinajstić information content (AvgIpc) is 2.17. The molecule has 0 fully saturated rings. The van der Waals surface area contributed by atoms with Crippen molar-refractivity contribution < 1.29 is 5.11 Å². The van der Waals surface area contributed by atoms with Crippen LogP contribution in [-0.2, 0) is 6.42 Å². The van der Waals surface area contributed by atoms with Crippen molar-refractivity contribution in [3.8, 4) is 0 Å². The Bertz CT molecular complexity index is 276. The fourth-order valence-corrected chi connectivity index (χ4v) is 1.37. The summed E-state index contributed by atoms with van der Waals surface area (Å²) >= 11 is 0. The summed E-state index contributed by atoms with van der Waals surface area (Å²) in [7, 11) is 0. The Morgan fingerprint density at radius 2 is 2.08 bits per heavy atom. The lowest BCUT2D eigenvalue weighted by molar-refractivity contribution is 0.343. The SMILES string of the molecule is CCCc1ccccc1/C=C/CO. The summed E-state index contributed by atoms with van der Waals surface area (Å²) < 4.78 is 0. The van der Waals surface area contributed by atoms with E-state index in [1.165, 1.54) is 11.1 Å². The van der Waals surface area contributed by atoms with E-state index in [1.54, 1.807) is 6.08 Å². The van der Waals surface area contributed by atoms with Crippen molar-refractivity contribution in [2.45, 2.75) is 19.8 Å². The van der Waals surface area contributed by atoms with Gasteiger partial charge in [-0.25, -0.2) is 0 Å². The van der Waals surface area contributed by atoms with Crippen LogP contribution >= 0.6 is 0 Å². The molecule has 1 N–H and O–H groups in total. The van der Waals surface area contributed by atoms with Gasteiger partial charge in [0.15, 0.2) is 0 Å². The molecule has 0 atom stereocenters. The van der Waals surface area contributed by atoms with E-state index in [1.807, 2.05) is 12.1 Å². The summed E-state index contributed by atoms with van der Waals surface area (Å²) in [5.74, 6) is 0. The Morgan fingerprint density at radius 1 is 1.31 bits per heavy atom. The van der Waals surface area contributed by atoms with E-state index < -0.39 is 0 Å². The molecule has 0 aliphatic rings. The zero-order valence-electron chi connectivity index (χ0n) is 8.03. The van der Waals surface area contributed by atoms with Crippen LogP contribution in [0.15, 0.2) is 30.3 Å². The second-order valence-electron chi connectivity index (χ2n) is 3.03. The lowest BCUT2D eigenvalue weighted by atomic mass is 10.0. The maximum absolute atomic E-state index is 8.66. The number of aryl methyl sites for hydroxylation is 1. The third-order valence-corrected chi connectivity index (χ3v) is 1.98. The second-order valence-corrected chi connectivity index (χ2v) is 3.03. The van der Waals surface area contributed by atoms with Crippen LogP contribution in [0.4, 0.5) is 0 Å². The molecule has 0 heterocycles. The molecule has 1 rings (SSSR count). The van der Waals surface area contributed by atoms with Gasteiger partial charge in [0, 0.05) is 0 Å². The monoisotopic (exact) mass is 176 g/mol. The van der Waals surface area contributed by atoms with E-state index in [9.17, 15) is 0 Å². The highest BCUT2D eigenvalue weighted by Gasteiger charge is 1.95. The van der Waals surface area contributed by atoms with Gasteiger partial charge >= 0.3 is 0 Å². The number of benzene rings is 1. The molecule has 1 aromatic rings. The van der Waals surface area contributed by atoms with Crippen molar-refractivity contribution in [2.75, 3.05) is 6.61 Å². The van der Waals surface area contributed by atoms with Crippen LogP contribution < -0.4 is 0 Å². The van der Waals surface area contributed by atoms with Crippen molar-refractivity contribution in [2.24, 2.45) is 0 Å². The minimum atomic E-state index is 0.112. The molecule has 13 heavy (non-hydrogen) atoms.